The summed E-state index contributed by atoms with van der Waals surface area (Å²) in [6.45, 7) is 0. The van der Waals surface area contributed by atoms with Gasteiger partial charge in [0, 0.05) is 43.8 Å². The molecule has 3 N–H and O–H groups in total. The number of nitrogens with one attached hydrogen (secondary N) is 2. The smallest absolute Gasteiger partial charge is 0.339 e. The van der Waals surface area contributed by atoms with Gasteiger partial charge in [-0.2, -0.15) is 0 Å². The quantitative estimate of drug-likeness (QED) is 0.130. The van der Waals surface area contributed by atoms with Crippen LogP contribution in [0.1, 0.15) is 43.5 Å². The highest BCUT2D eigenvalue weighted by Crippen LogP contribution is 2.47. The van der Waals surface area contributed by atoms with E-state index in [0.717, 1.165) is 88.7 Å². The molecule has 8 heteroatoms. The average Bonchev–Trinajstić information content (AvgIpc) is 4.30. The van der Waals surface area contributed by atoms with Crippen molar-refractivity contribution < 1.29 is 19.4 Å². The van der Waals surface area contributed by atoms with E-state index in [-0.39, 0.29) is 11.1 Å². The van der Waals surface area contributed by atoms with Gasteiger partial charge in [0.05, 0.1) is 63.1 Å². The number of fused-ring (bicyclic) bond motifs is 14. The molecule has 356 valence electrons. The number of carboxylic acid groups (broad SMARTS) is 1. The minimum Gasteiger partial charge on any atom is -0.478 e. The molecule has 0 aliphatic carbocycles. The molecule has 0 amide bonds. The van der Waals surface area contributed by atoms with Crippen LogP contribution in [0.4, 0.5) is 0 Å². The number of methoxy groups -OCH3 is 1. The highest BCUT2D eigenvalue weighted by Gasteiger charge is 2.28. The lowest BCUT2D eigenvalue weighted by Crippen LogP contribution is -2.10. The lowest BCUT2D eigenvalue weighted by Gasteiger charge is -2.13. The number of aromatic nitrogens is 4. The first-order valence-electron chi connectivity index (χ1n) is 24.7. The Hall–Kier alpha value is -10.2. The summed E-state index contributed by atoms with van der Waals surface area (Å²) in [5.41, 5.74) is 16.3. The van der Waals surface area contributed by atoms with Crippen LogP contribution in [0.25, 0.3) is 135 Å². The van der Waals surface area contributed by atoms with Gasteiger partial charge in [-0.05, 0) is 87.0 Å². The van der Waals surface area contributed by atoms with Crippen LogP contribution >= 0.6 is 0 Å². The Balaban J connectivity index is 1.34. The zero-order valence-corrected chi connectivity index (χ0v) is 40.5. The molecule has 5 heterocycles. The van der Waals surface area contributed by atoms with Gasteiger partial charge in [-0.25, -0.2) is 19.6 Å². The van der Waals surface area contributed by atoms with Crippen molar-refractivity contribution in [2.24, 2.45) is 0 Å². The highest BCUT2D eigenvalue weighted by atomic mass is 16.5. The summed E-state index contributed by atoms with van der Waals surface area (Å²) in [6.07, 6.45) is 8.17. The van der Waals surface area contributed by atoms with Crippen molar-refractivity contribution in [3.63, 3.8) is 0 Å². The van der Waals surface area contributed by atoms with Crippen molar-refractivity contribution in [2.75, 3.05) is 7.11 Å². The average molecular weight is 969 g/mol. The summed E-state index contributed by atoms with van der Waals surface area (Å²) in [5.74, 6) is -2.04. The van der Waals surface area contributed by atoms with Gasteiger partial charge in [-0.1, -0.05) is 188 Å². The second-order valence-corrected chi connectivity index (χ2v) is 18.5. The van der Waals surface area contributed by atoms with Gasteiger partial charge in [0.25, 0.3) is 0 Å². The molecule has 0 saturated carbocycles. The van der Waals surface area contributed by atoms with E-state index in [1.54, 1.807) is 6.07 Å². The lowest BCUT2D eigenvalue weighted by molar-refractivity contribution is 0.0585. The molecule has 8 aromatic carbocycles. The number of carbonyl (C=O) groups excluding carboxylic acids is 1. The van der Waals surface area contributed by atoms with Gasteiger partial charge in [0.2, 0.25) is 0 Å². The van der Waals surface area contributed by atoms with E-state index in [2.05, 4.69) is 113 Å². The van der Waals surface area contributed by atoms with Crippen LogP contribution in [0.3, 0.4) is 0 Å². The maximum absolute atomic E-state index is 14.3. The Morgan fingerprint density at radius 1 is 0.400 bits per heavy atom. The third kappa shape index (κ3) is 7.63. The molecule has 0 atom stereocenters. The van der Waals surface area contributed by atoms with Crippen molar-refractivity contribution in [1.29, 1.82) is 0 Å². The molecule has 0 radical (unpaired) electrons. The van der Waals surface area contributed by atoms with Gasteiger partial charge in [-0.15, -0.1) is 0 Å². The molecule has 11 aromatic rings. The van der Waals surface area contributed by atoms with Crippen LogP contribution in [-0.4, -0.2) is 44.1 Å². The van der Waals surface area contributed by atoms with E-state index in [1.165, 1.54) is 13.2 Å². The number of nitrogens with zero attached hydrogens (tertiary/aromatic N) is 2. The molecule has 3 aromatic heterocycles. The Morgan fingerprint density at radius 2 is 0.720 bits per heavy atom. The van der Waals surface area contributed by atoms with Crippen LogP contribution in [0.5, 0.6) is 0 Å². The fourth-order valence-corrected chi connectivity index (χ4v) is 11.0. The Morgan fingerprint density at radius 3 is 1.07 bits per heavy atom. The third-order valence-electron chi connectivity index (χ3n) is 14.3. The number of benzene rings is 8. The summed E-state index contributed by atoms with van der Waals surface area (Å²) >= 11 is 0. The van der Waals surface area contributed by atoms with Gasteiger partial charge < -0.3 is 19.8 Å². The fourth-order valence-electron chi connectivity index (χ4n) is 11.0. The number of rotatable bonds is 8. The summed E-state index contributed by atoms with van der Waals surface area (Å²) in [7, 11) is 1.27. The van der Waals surface area contributed by atoms with Gasteiger partial charge in [0.1, 0.15) is 0 Å². The number of carboxylic acids is 1. The molecular formula is C67H44N4O4. The van der Waals surface area contributed by atoms with E-state index in [4.69, 9.17) is 14.7 Å². The SMILES string of the molecule is COC(=O)c1c(C(=O)O)ccc2c3[nH]c(c(-c4ccccc4)c4nc(c(-c5ccccc5)c5[nH]c(c(-c6ccccc6)c6nc(c3-c3ccccc3)C=C6)c3cc(-c6ccccc6)c(-c6ccccc6)cc53)C=C4)c12. The lowest BCUT2D eigenvalue weighted by atomic mass is 9.90. The van der Waals surface area contributed by atoms with Crippen molar-refractivity contribution in [1.82, 2.24) is 19.9 Å². The number of H-pyrrole nitrogens is 2. The number of aromatic amines is 2. The zero-order valence-electron chi connectivity index (χ0n) is 40.5. The maximum atomic E-state index is 14.3. The van der Waals surface area contributed by atoms with E-state index < -0.39 is 11.9 Å². The van der Waals surface area contributed by atoms with Crippen molar-refractivity contribution in [3.8, 4) is 66.8 Å². The highest BCUT2D eigenvalue weighted by molar-refractivity contribution is 6.25. The first-order chi connectivity index (χ1) is 36.9. The molecule has 75 heavy (non-hydrogen) atoms. The number of esters is 1. The van der Waals surface area contributed by atoms with Crippen LogP contribution in [-0.2, 0) is 4.74 Å². The molecule has 2 aliphatic rings. The monoisotopic (exact) mass is 968 g/mol. The predicted molar refractivity (Wildman–Crippen MR) is 305 cm³/mol. The topological polar surface area (TPSA) is 121 Å². The standard InChI is InChI=1S/C67H44N4O4/c1-75-67(74)61-47(66(72)73)33-32-46-60(61)65-59(45-30-18-7-19-31-45)55-37-36-54(69-55)58(44-28-16-6-17-29-44)64-51-39-49(41-22-10-3-11-23-41)48(40-20-8-2-9-21-40)38-50(51)63(70-64)57(43-26-14-5-15-27-43)53-35-34-52(68-53)56(62(46)71-65)42-24-12-4-13-25-42/h2-39,70-71H,1H3,(H,72,73). The van der Waals surface area contributed by atoms with E-state index >= 15 is 0 Å². The van der Waals surface area contributed by atoms with Crippen molar-refractivity contribution in [2.45, 2.75) is 0 Å². The van der Waals surface area contributed by atoms with Crippen molar-refractivity contribution in [3.05, 3.63) is 240 Å². The largest absolute Gasteiger partial charge is 0.478 e. The molecule has 8 bridgehead atoms. The van der Waals surface area contributed by atoms with Crippen LogP contribution in [0.2, 0.25) is 0 Å². The summed E-state index contributed by atoms with van der Waals surface area (Å²) in [5, 5.41) is 13.8. The van der Waals surface area contributed by atoms with Gasteiger partial charge in [-0.3, -0.25) is 0 Å². The first kappa shape index (κ1) is 44.7. The van der Waals surface area contributed by atoms with Crippen molar-refractivity contribution >= 4 is 79.9 Å². The minimum absolute atomic E-state index is 0.0768. The summed E-state index contributed by atoms with van der Waals surface area (Å²) in [4.78, 5) is 46.7. The number of ether oxygens (including phenoxy) is 1. The molecule has 2 aliphatic heterocycles. The second kappa shape index (κ2) is 18.5. The molecule has 0 spiro atoms. The molecule has 13 rings (SSSR count). The second-order valence-electron chi connectivity index (χ2n) is 18.5. The normalized spacial score (nSPS) is 11.9. The fraction of sp³-hybridized carbons (Fsp3) is 0.0149. The molecule has 0 fully saturated rings. The number of aromatic carboxylic acids is 1. The Kier molecular flexibility index (Phi) is 11.0. The van der Waals surface area contributed by atoms with Gasteiger partial charge in [0.15, 0.2) is 0 Å². The number of hydrogen-bond donors (Lipinski definition) is 3. The van der Waals surface area contributed by atoms with E-state index in [0.29, 0.717) is 44.5 Å². The van der Waals surface area contributed by atoms with E-state index in [9.17, 15) is 14.7 Å². The molecule has 0 saturated heterocycles. The van der Waals surface area contributed by atoms with Crippen LogP contribution < -0.4 is 0 Å². The molecule has 8 nitrogen and oxygen atoms in total. The molecular weight excluding hydrogens is 925 g/mol. The Labute approximate surface area is 431 Å². The minimum atomic E-state index is -1.26. The number of hydrogen-bond acceptors (Lipinski definition) is 5. The first-order valence-corrected chi connectivity index (χ1v) is 24.7. The van der Waals surface area contributed by atoms with Crippen LogP contribution in [0.15, 0.2) is 206 Å². The number of carbonyl (C=O) groups is 2. The molecule has 0 unspecified atom stereocenters. The van der Waals surface area contributed by atoms with Gasteiger partial charge >= 0.3 is 11.9 Å². The Bertz CT molecular complexity index is 4340. The maximum Gasteiger partial charge on any atom is 0.339 e. The zero-order chi connectivity index (χ0) is 50.6. The third-order valence-corrected chi connectivity index (χ3v) is 14.3. The predicted octanol–water partition coefficient (Wildman–Crippen LogP) is 16.4. The summed E-state index contributed by atoms with van der Waals surface area (Å²) in [6, 6.07) is 69.6. The van der Waals surface area contributed by atoms with Crippen LogP contribution in [0, 0.1) is 0 Å². The van der Waals surface area contributed by atoms with E-state index in [1.807, 2.05) is 115 Å². The summed E-state index contributed by atoms with van der Waals surface area (Å²) < 4.78 is 5.45.